The van der Waals surface area contributed by atoms with Gasteiger partial charge in [-0.25, -0.2) is 0 Å². The van der Waals surface area contributed by atoms with E-state index >= 15 is 0 Å². The van der Waals surface area contributed by atoms with Gasteiger partial charge in [-0.3, -0.25) is 4.79 Å². The molecule has 0 amide bonds. The summed E-state index contributed by atoms with van der Waals surface area (Å²) in [6, 6.07) is 10.4. The van der Waals surface area contributed by atoms with E-state index in [1.54, 1.807) is 0 Å². The number of quaternary nitrogens is 1. The van der Waals surface area contributed by atoms with Crippen molar-refractivity contribution in [2.45, 2.75) is 62.0 Å². The number of ether oxygens (including phenoxy) is 2. The average Bonchev–Trinajstić information content (AvgIpc) is 3.51. The lowest BCUT2D eigenvalue weighted by Gasteiger charge is -2.48. The number of esters is 1. The van der Waals surface area contributed by atoms with Crippen LogP contribution in [0.2, 0.25) is 0 Å². The second-order valence-corrected chi connectivity index (χ2v) is 8.85. The molecule has 1 aromatic rings. The minimum absolute atomic E-state index is 0.0444. The second kappa shape index (κ2) is 6.04. The number of carbonyl (C=O) groups is 1. The molecule has 4 aliphatic rings. The van der Waals surface area contributed by atoms with Crippen molar-refractivity contribution in [3.05, 3.63) is 35.9 Å². The third-order valence-electron chi connectivity index (χ3n) is 7.14. The Morgan fingerprint density at radius 2 is 1.88 bits per heavy atom. The Bertz CT molecular complexity index is 671. The largest absolute Gasteiger partial charge is 0.461 e. The zero-order valence-electron chi connectivity index (χ0n) is 15.3. The highest BCUT2D eigenvalue weighted by atomic mass is 16.6. The minimum Gasteiger partial charge on any atom is -0.461 e. The number of aliphatic hydroxyl groups is 1. The molecule has 1 aromatic carbocycles. The van der Waals surface area contributed by atoms with Gasteiger partial charge in [0, 0.05) is 18.8 Å². The fraction of sp³-hybridized carbons (Fsp3) is 0.667. The van der Waals surface area contributed by atoms with Crippen molar-refractivity contribution >= 4 is 5.97 Å². The van der Waals surface area contributed by atoms with Crippen LogP contribution in [0.3, 0.4) is 0 Å². The zero-order chi connectivity index (χ0) is 17.9. The molecule has 5 nitrogen and oxygen atoms in total. The van der Waals surface area contributed by atoms with E-state index in [0.29, 0.717) is 24.3 Å². The van der Waals surface area contributed by atoms with Crippen molar-refractivity contribution in [1.82, 2.24) is 0 Å². The Hall–Kier alpha value is -1.43. The van der Waals surface area contributed by atoms with E-state index in [1.807, 2.05) is 30.3 Å². The third kappa shape index (κ3) is 2.68. The molecule has 3 saturated heterocycles. The number of rotatable bonds is 6. The van der Waals surface area contributed by atoms with Crippen molar-refractivity contribution in [2.24, 2.45) is 5.92 Å². The normalized spacial score (nSPS) is 41.4. The van der Waals surface area contributed by atoms with Crippen LogP contribution in [0.25, 0.3) is 0 Å². The molecule has 1 aliphatic carbocycles. The zero-order valence-corrected chi connectivity index (χ0v) is 15.3. The third-order valence-corrected chi connectivity index (χ3v) is 7.14. The van der Waals surface area contributed by atoms with E-state index in [0.717, 1.165) is 28.8 Å². The van der Waals surface area contributed by atoms with E-state index in [4.69, 9.17) is 9.47 Å². The first-order valence-electron chi connectivity index (χ1n) is 9.97. The van der Waals surface area contributed by atoms with Gasteiger partial charge in [-0.2, -0.15) is 0 Å². The molecule has 1 N–H and O–H groups in total. The number of epoxide rings is 1. The van der Waals surface area contributed by atoms with Gasteiger partial charge in [-0.05, 0) is 18.4 Å². The maximum absolute atomic E-state index is 12.7. The lowest BCUT2D eigenvalue weighted by molar-refractivity contribution is -0.957. The van der Waals surface area contributed by atoms with Crippen LogP contribution in [0.4, 0.5) is 0 Å². The number of morpholine rings is 1. The van der Waals surface area contributed by atoms with Gasteiger partial charge in [0.15, 0.2) is 0 Å². The van der Waals surface area contributed by atoms with Gasteiger partial charge in [0.05, 0.1) is 20.2 Å². The quantitative estimate of drug-likeness (QED) is 0.479. The molecule has 26 heavy (non-hydrogen) atoms. The molecule has 3 aliphatic heterocycles. The number of piperidine rings is 1. The fourth-order valence-corrected chi connectivity index (χ4v) is 5.53. The number of aliphatic hydroxyl groups excluding tert-OH is 1. The predicted octanol–water partition coefficient (Wildman–Crippen LogP) is 1.84. The molecule has 0 radical (unpaired) electrons. The van der Waals surface area contributed by atoms with Crippen molar-refractivity contribution in [2.75, 3.05) is 20.2 Å². The molecule has 5 heteroatoms. The number of likely N-dealkylation sites (N-methyl/N-ethyl adjacent to an activating group) is 1. The molecule has 5 atom stereocenters. The maximum Gasteiger partial charge on any atom is 0.316 e. The molecule has 4 fully saturated rings. The van der Waals surface area contributed by atoms with Crippen LogP contribution in [-0.4, -0.2) is 66.2 Å². The summed E-state index contributed by atoms with van der Waals surface area (Å²) in [5.41, 5.74) is 0.819. The van der Waals surface area contributed by atoms with Crippen molar-refractivity contribution in [3.8, 4) is 0 Å². The van der Waals surface area contributed by atoms with Gasteiger partial charge in [-0.1, -0.05) is 30.3 Å². The van der Waals surface area contributed by atoms with Crippen LogP contribution >= 0.6 is 0 Å². The first kappa shape index (κ1) is 16.7. The molecule has 3 heterocycles. The summed E-state index contributed by atoms with van der Waals surface area (Å²) in [7, 11) is 2.39. The van der Waals surface area contributed by atoms with E-state index in [9.17, 15) is 9.90 Å². The van der Waals surface area contributed by atoms with Crippen molar-refractivity contribution in [3.63, 3.8) is 0 Å². The van der Waals surface area contributed by atoms with E-state index in [2.05, 4.69) is 7.05 Å². The number of benzene rings is 1. The Labute approximate surface area is 154 Å². The molecule has 1 saturated carbocycles. The summed E-state index contributed by atoms with van der Waals surface area (Å²) < 4.78 is 12.9. The van der Waals surface area contributed by atoms with Crippen LogP contribution in [0.1, 0.15) is 37.2 Å². The topological polar surface area (TPSA) is 59.1 Å². The Morgan fingerprint density at radius 3 is 2.46 bits per heavy atom. The molecule has 0 unspecified atom stereocenters. The molecule has 2 bridgehead atoms. The van der Waals surface area contributed by atoms with E-state index in [1.165, 1.54) is 19.4 Å². The molecular weight excluding hydrogens is 330 g/mol. The predicted molar refractivity (Wildman–Crippen MR) is 95.4 cm³/mol. The SMILES string of the molecule is C[N+]1(CC2CC2)[C@H]2CC(OC(=O)[C@H](CO)c3ccccc3)C[C@H]1[C@H]1O[C@@H]12. The summed E-state index contributed by atoms with van der Waals surface area (Å²) >= 11 is 0. The Kier molecular flexibility index (Phi) is 3.89. The van der Waals surface area contributed by atoms with Crippen molar-refractivity contribution in [1.29, 1.82) is 0 Å². The number of nitrogens with zero attached hydrogens (tertiary/aromatic N) is 1. The summed E-state index contributed by atoms with van der Waals surface area (Å²) in [5, 5.41) is 9.71. The van der Waals surface area contributed by atoms with Gasteiger partial charge in [0.1, 0.15) is 36.3 Å². The molecule has 5 rings (SSSR count). The van der Waals surface area contributed by atoms with Crippen LogP contribution in [0.5, 0.6) is 0 Å². The highest BCUT2D eigenvalue weighted by Crippen LogP contribution is 2.54. The first-order valence-corrected chi connectivity index (χ1v) is 9.97. The average molecular weight is 358 g/mol. The van der Waals surface area contributed by atoms with Crippen LogP contribution in [-0.2, 0) is 14.3 Å². The maximum atomic E-state index is 12.7. The standard InChI is InChI=1S/C21H28NO4/c1-22(11-13-7-8-13)17-9-15(10-18(22)20-19(17)26-20)25-21(24)16(12-23)14-5-3-2-4-6-14/h2-6,13,15-20,23H,7-12H2,1H3/q+1/t15?,16-,17+,18+,19-,20-,22?/m1/s1. The molecule has 0 spiro atoms. The number of hydrogen-bond donors (Lipinski definition) is 1. The van der Waals surface area contributed by atoms with Crippen LogP contribution in [0, 0.1) is 5.92 Å². The minimum atomic E-state index is -0.589. The second-order valence-electron chi connectivity index (χ2n) is 8.85. The molecule has 0 aromatic heterocycles. The van der Waals surface area contributed by atoms with Gasteiger partial charge in [0.25, 0.3) is 0 Å². The smallest absolute Gasteiger partial charge is 0.316 e. The summed E-state index contributed by atoms with van der Waals surface area (Å²) in [5.74, 6) is 0.00309. The van der Waals surface area contributed by atoms with Gasteiger partial charge < -0.3 is 19.1 Å². The first-order chi connectivity index (χ1) is 12.6. The van der Waals surface area contributed by atoms with Crippen molar-refractivity contribution < 1.29 is 23.9 Å². The highest BCUT2D eigenvalue weighted by Gasteiger charge is 2.72. The Morgan fingerprint density at radius 1 is 1.23 bits per heavy atom. The monoisotopic (exact) mass is 358 g/mol. The lowest BCUT2D eigenvalue weighted by Crippen LogP contribution is -2.63. The van der Waals surface area contributed by atoms with Crippen LogP contribution in [0.15, 0.2) is 30.3 Å². The van der Waals surface area contributed by atoms with Gasteiger partial charge in [-0.15, -0.1) is 0 Å². The van der Waals surface area contributed by atoms with E-state index in [-0.39, 0.29) is 18.7 Å². The summed E-state index contributed by atoms with van der Waals surface area (Å²) in [4.78, 5) is 12.7. The van der Waals surface area contributed by atoms with Gasteiger partial charge in [0.2, 0.25) is 0 Å². The summed E-state index contributed by atoms with van der Waals surface area (Å²) in [6.45, 7) is 1.04. The fourth-order valence-electron chi connectivity index (χ4n) is 5.53. The highest BCUT2D eigenvalue weighted by molar-refractivity contribution is 5.78. The molecular formula is C21H28NO4+. The van der Waals surface area contributed by atoms with Crippen LogP contribution < -0.4 is 0 Å². The summed E-state index contributed by atoms with van der Waals surface area (Å²) in [6.07, 6.45) is 5.22. The Balaban J connectivity index is 1.27. The number of fused-ring (bicyclic) bond motifs is 5. The van der Waals surface area contributed by atoms with Gasteiger partial charge >= 0.3 is 5.97 Å². The number of carbonyl (C=O) groups excluding carboxylic acids is 1. The number of hydrogen-bond acceptors (Lipinski definition) is 4. The van der Waals surface area contributed by atoms with E-state index < -0.39 is 5.92 Å². The lowest BCUT2D eigenvalue weighted by atomic mass is 9.94. The molecule has 140 valence electrons.